The highest BCUT2D eigenvalue weighted by Crippen LogP contribution is 2.40. The van der Waals surface area contributed by atoms with Crippen molar-refractivity contribution in [3.63, 3.8) is 0 Å². The average molecular weight is 449 g/mol. The summed E-state index contributed by atoms with van der Waals surface area (Å²) in [5.74, 6) is -0.636. The van der Waals surface area contributed by atoms with Crippen LogP contribution in [0.2, 0.25) is 5.02 Å². The van der Waals surface area contributed by atoms with E-state index >= 15 is 0 Å². The molecule has 0 radical (unpaired) electrons. The molecular weight excluding hydrogens is 428 g/mol. The van der Waals surface area contributed by atoms with E-state index in [2.05, 4.69) is 5.32 Å². The molecule has 1 N–H and O–H groups in total. The van der Waals surface area contributed by atoms with E-state index in [0.717, 1.165) is 4.90 Å². The number of carbonyl (C=O) groups excluding carboxylic acids is 3. The zero-order valence-corrected chi connectivity index (χ0v) is 17.7. The Morgan fingerprint density at radius 3 is 2.65 bits per heavy atom. The van der Waals surface area contributed by atoms with E-state index in [0.29, 0.717) is 41.2 Å². The number of nitrogens with one attached hydrogen (secondary N) is 1. The van der Waals surface area contributed by atoms with Crippen LogP contribution in [0.4, 0.5) is 5.69 Å². The summed E-state index contributed by atoms with van der Waals surface area (Å²) in [5.41, 5.74) is 0.585. The number of nitrogens with zero attached hydrogens (tertiary/aromatic N) is 1. The molecule has 2 aromatic rings. The summed E-state index contributed by atoms with van der Waals surface area (Å²) in [5, 5.41) is 3.00. The van der Waals surface area contributed by atoms with Gasteiger partial charge in [-0.05, 0) is 24.3 Å². The standard InChI is InChI=1S/C21H21ClN2O7/c1-24(11-18(25)23-15-6-4-3-5-14(15)22)19(26)12-31-21(27)13-9-16(28-2)20-17(10-13)29-7-8-30-20/h3-6,9-10H,7-8,11-12H2,1-2H3,(H,23,25). The number of hydrogen-bond donors (Lipinski definition) is 1. The molecule has 0 atom stereocenters. The van der Waals surface area contributed by atoms with Crippen molar-refractivity contribution in [3.8, 4) is 17.2 Å². The third-order valence-electron chi connectivity index (χ3n) is 4.34. The SMILES string of the molecule is COc1cc(C(=O)OCC(=O)N(C)CC(=O)Nc2ccccc2Cl)cc2c1OCCO2. The molecule has 1 aliphatic rings. The molecule has 0 unspecified atom stereocenters. The largest absolute Gasteiger partial charge is 0.493 e. The van der Waals surface area contributed by atoms with Crippen molar-refractivity contribution in [2.75, 3.05) is 45.8 Å². The van der Waals surface area contributed by atoms with E-state index in [-0.39, 0.29) is 12.1 Å². The second-order valence-corrected chi connectivity index (χ2v) is 6.96. The molecule has 9 nitrogen and oxygen atoms in total. The monoisotopic (exact) mass is 448 g/mol. The van der Waals surface area contributed by atoms with Crippen molar-refractivity contribution in [1.29, 1.82) is 0 Å². The van der Waals surface area contributed by atoms with Gasteiger partial charge in [0.1, 0.15) is 13.2 Å². The van der Waals surface area contributed by atoms with Crippen molar-refractivity contribution in [2.24, 2.45) is 0 Å². The Morgan fingerprint density at radius 2 is 1.90 bits per heavy atom. The lowest BCUT2D eigenvalue weighted by Gasteiger charge is -2.21. The fraction of sp³-hybridized carbons (Fsp3) is 0.286. The van der Waals surface area contributed by atoms with Crippen LogP contribution in [-0.2, 0) is 14.3 Å². The minimum atomic E-state index is -0.738. The molecule has 31 heavy (non-hydrogen) atoms. The van der Waals surface area contributed by atoms with E-state index < -0.39 is 24.4 Å². The highest BCUT2D eigenvalue weighted by molar-refractivity contribution is 6.33. The normalized spacial score (nSPS) is 12.0. The van der Waals surface area contributed by atoms with Crippen LogP contribution in [0.25, 0.3) is 0 Å². The van der Waals surface area contributed by atoms with Gasteiger partial charge in [0.25, 0.3) is 5.91 Å². The van der Waals surface area contributed by atoms with Gasteiger partial charge in [-0.25, -0.2) is 4.79 Å². The van der Waals surface area contributed by atoms with Crippen LogP contribution in [0.3, 0.4) is 0 Å². The number of anilines is 1. The lowest BCUT2D eigenvalue weighted by Crippen LogP contribution is -2.37. The van der Waals surface area contributed by atoms with Gasteiger partial charge in [-0.3, -0.25) is 9.59 Å². The molecule has 3 rings (SSSR count). The number of halogens is 1. The molecule has 2 amide bonds. The zero-order valence-electron chi connectivity index (χ0n) is 17.0. The van der Waals surface area contributed by atoms with E-state index in [1.807, 2.05) is 0 Å². The van der Waals surface area contributed by atoms with Crippen molar-refractivity contribution >= 4 is 35.1 Å². The van der Waals surface area contributed by atoms with Gasteiger partial charge in [0.15, 0.2) is 18.1 Å². The van der Waals surface area contributed by atoms with Crippen LogP contribution < -0.4 is 19.5 Å². The minimum Gasteiger partial charge on any atom is -0.493 e. The van der Waals surface area contributed by atoms with Crippen LogP contribution in [0.15, 0.2) is 36.4 Å². The Balaban J connectivity index is 1.54. The second-order valence-electron chi connectivity index (χ2n) is 6.56. The van der Waals surface area contributed by atoms with Gasteiger partial charge in [-0.1, -0.05) is 23.7 Å². The van der Waals surface area contributed by atoms with Crippen LogP contribution in [0, 0.1) is 0 Å². The Kier molecular flexibility index (Phi) is 7.19. The van der Waals surface area contributed by atoms with Crippen molar-refractivity contribution in [2.45, 2.75) is 0 Å². The summed E-state index contributed by atoms with van der Waals surface area (Å²) in [6, 6.07) is 9.65. The highest BCUT2D eigenvalue weighted by Gasteiger charge is 2.22. The molecule has 0 aromatic heterocycles. The number of benzene rings is 2. The maximum atomic E-state index is 12.4. The second kappa shape index (κ2) is 10.0. The van der Waals surface area contributed by atoms with Gasteiger partial charge in [0, 0.05) is 7.05 Å². The molecule has 164 valence electrons. The first kappa shape index (κ1) is 22.2. The van der Waals surface area contributed by atoms with Gasteiger partial charge in [-0.15, -0.1) is 0 Å². The van der Waals surface area contributed by atoms with Gasteiger partial charge in [0.2, 0.25) is 11.7 Å². The highest BCUT2D eigenvalue weighted by atomic mass is 35.5. The summed E-state index contributed by atoms with van der Waals surface area (Å²) >= 11 is 6.00. The van der Waals surface area contributed by atoms with Crippen LogP contribution in [0.1, 0.15) is 10.4 Å². The number of esters is 1. The van der Waals surface area contributed by atoms with Gasteiger partial charge in [0.05, 0.1) is 29.9 Å². The predicted octanol–water partition coefficient (Wildman–Crippen LogP) is 2.37. The maximum absolute atomic E-state index is 12.4. The predicted molar refractivity (Wildman–Crippen MR) is 112 cm³/mol. The Labute approximate surface area is 183 Å². The van der Waals surface area contributed by atoms with E-state index in [1.54, 1.807) is 24.3 Å². The fourth-order valence-electron chi connectivity index (χ4n) is 2.77. The number of carbonyl (C=O) groups is 3. The average Bonchev–Trinajstić information content (AvgIpc) is 2.77. The van der Waals surface area contributed by atoms with Crippen LogP contribution in [0.5, 0.6) is 17.2 Å². The number of fused-ring (bicyclic) bond motifs is 1. The molecule has 2 aromatic carbocycles. The first-order valence-electron chi connectivity index (χ1n) is 9.32. The zero-order chi connectivity index (χ0) is 22.4. The first-order chi connectivity index (χ1) is 14.9. The molecular formula is C21H21ClN2O7. The van der Waals surface area contributed by atoms with Crippen molar-refractivity contribution in [1.82, 2.24) is 4.90 Å². The fourth-order valence-corrected chi connectivity index (χ4v) is 2.95. The number of likely N-dealkylation sites (N-methyl/N-ethyl adjacent to an activating group) is 1. The topological polar surface area (TPSA) is 103 Å². The van der Waals surface area contributed by atoms with E-state index in [4.69, 9.17) is 30.5 Å². The summed E-state index contributed by atoms with van der Waals surface area (Å²) in [6.07, 6.45) is 0. The molecule has 10 heteroatoms. The molecule has 1 heterocycles. The summed E-state index contributed by atoms with van der Waals surface area (Å²) in [4.78, 5) is 37.9. The molecule has 0 saturated carbocycles. The first-order valence-corrected chi connectivity index (χ1v) is 9.70. The molecule has 0 aliphatic carbocycles. The molecule has 1 aliphatic heterocycles. The summed E-state index contributed by atoms with van der Waals surface area (Å²) in [6.45, 7) is -0.0584. The molecule has 0 bridgehead atoms. The Bertz CT molecular complexity index is 978. The van der Waals surface area contributed by atoms with E-state index in [9.17, 15) is 14.4 Å². The van der Waals surface area contributed by atoms with Crippen molar-refractivity contribution in [3.05, 3.63) is 47.0 Å². The number of hydrogen-bond acceptors (Lipinski definition) is 7. The smallest absolute Gasteiger partial charge is 0.338 e. The van der Waals surface area contributed by atoms with Gasteiger partial charge < -0.3 is 29.2 Å². The molecule has 0 spiro atoms. The number of ether oxygens (including phenoxy) is 4. The number of para-hydroxylation sites is 1. The summed E-state index contributed by atoms with van der Waals surface area (Å²) in [7, 11) is 2.87. The number of amides is 2. The van der Waals surface area contributed by atoms with Crippen molar-refractivity contribution < 1.29 is 33.3 Å². The summed E-state index contributed by atoms with van der Waals surface area (Å²) < 4.78 is 21.3. The third kappa shape index (κ3) is 5.58. The molecule has 0 fully saturated rings. The number of rotatable bonds is 7. The lowest BCUT2D eigenvalue weighted by atomic mass is 10.1. The van der Waals surface area contributed by atoms with Crippen LogP contribution >= 0.6 is 11.6 Å². The maximum Gasteiger partial charge on any atom is 0.338 e. The number of methoxy groups -OCH3 is 1. The van der Waals surface area contributed by atoms with E-state index in [1.165, 1.54) is 26.3 Å². The Hall–Kier alpha value is -3.46. The minimum absolute atomic E-state index is 0.146. The third-order valence-corrected chi connectivity index (χ3v) is 4.67. The Morgan fingerprint density at radius 1 is 1.16 bits per heavy atom. The van der Waals surface area contributed by atoms with Crippen LogP contribution in [-0.4, -0.2) is 63.2 Å². The molecule has 0 saturated heterocycles. The lowest BCUT2D eigenvalue weighted by molar-refractivity contribution is -0.136. The van der Waals surface area contributed by atoms with Gasteiger partial charge in [-0.2, -0.15) is 0 Å². The van der Waals surface area contributed by atoms with Gasteiger partial charge >= 0.3 is 5.97 Å². The quantitative estimate of drug-likeness (QED) is 0.648.